The van der Waals surface area contributed by atoms with E-state index in [-0.39, 0.29) is 23.2 Å². The molecule has 1 heterocycles. The number of sulfonamides is 1. The van der Waals surface area contributed by atoms with E-state index in [1.807, 2.05) is 0 Å². The van der Waals surface area contributed by atoms with Gasteiger partial charge in [-0.2, -0.15) is 4.72 Å². The van der Waals surface area contributed by atoms with Crippen molar-refractivity contribution in [1.29, 1.82) is 0 Å². The first-order valence-corrected chi connectivity index (χ1v) is 9.10. The molecule has 1 aromatic carbocycles. The van der Waals surface area contributed by atoms with Crippen molar-refractivity contribution in [2.75, 3.05) is 19.6 Å². The number of rotatable bonds is 6. The highest BCUT2D eigenvalue weighted by Crippen LogP contribution is 2.14. The molecular weight excluding hydrogens is 377 g/mol. The summed E-state index contributed by atoms with van der Waals surface area (Å²) in [4.78, 5) is 12.0. The normalized spacial score (nSPS) is 21.8. The Kier molecular flexibility index (Phi) is 7.91. The Hall–Kier alpha value is -0.900. The van der Waals surface area contributed by atoms with Crippen molar-refractivity contribution in [2.45, 2.75) is 24.0 Å². The molecule has 0 bridgehead atoms. The first kappa shape index (κ1) is 21.1. The number of hydrogen-bond donors (Lipinski definition) is 4. The fourth-order valence-electron chi connectivity index (χ4n) is 2.28. The minimum absolute atomic E-state index is 0. The molecule has 3 atom stereocenters. The van der Waals surface area contributed by atoms with E-state index in [9.17, 15) is 18.3 Å². The van der Waals surface area contributed by atoms with Crippen LogP contribution in [-0.2, 0) is 14.8 Å². The number of aliphatic hydroxyl groups excluding tert-OH is 1. The Balaban J connectivity index is 0.00000288. The zero-order chi connectivity index (χ0) is 17.0. The second kappa shape index (κ2) is 8.98. The van der Waals surface area contributed by atoms with Crippen LogP contribution in [0.15, 0.2) is 29.2 Å². The summed E-state index contributed by atoms with van der Waals surface area (Å²) in [5.41, 5.74) is 0. The molecule has 1 amide bonds. The van der Waals surface area contributed by atoms with Gasteiger partial charge < -0.3 is 15.7 Å². The summed E-state index contributed by atoms with van der Waals surface area (Å²) in [6.45, 7) is 2.87. The topological polar surface area (TPSA) is 108 Å². The first-order chi connectivity index (χ1) is 10.8. The van der Waals surface area contributed by atoms with Gasteiger partial charge in [0.2, 0.25) is 15.9 Å². The summed E-state index contributed by atoms with van der Waals surface area (Å²) in [5, 5.41) is 15.8. The lowest BCUT2D eigenvalue weighted by molar-refractivity contribution is -0.122. The van der Waals surface area contributed by atoms with Crippen LogP contribution in [0.5, 0.6) is 0 Å². The molecule has 0 spiro atoms. The van der Waals surface area contributed by atoms with E-state index in [4.69, 9.17) is 11.6 Å². The van der Waals surface area contributed by atoms with Crippen LogP contribution in [0.3, 0.4) is 0 Å². The largest absolute Gasteiger partial charge is 0.391 e. The number of β-amino-alcohol motifs (C(OH)–C–C–N with tert-alkyl or cyclic N) is 1. The summed E-state index contributed by atoms with van der Waals surface area (Å²) in [5.74, 6) is -0.513. The number of nitrogens with one attached hydrogen (secondary N) is 3. The summed E-state index contributed by atoms with van der Waals surface area (Å²) in [7, 11) is -3.80. The molecule has 3 unspecified atom stereocenters. The van der Waals surface area contributed by atoms with E-state index in [0.717, 1.165) is 0 Å². The number of hydrogen-bond acceptors (Lipinski definition) is 5. The minimum Gasteiger partial charge on any atom is -0.391 e. The van der Waals surface area contributed by atoms with Gasteiger partial charge in [-0.1, -0.05) is 11.6 Å². The van der Waals surface area contributed by atoms with E-state index in [1.54, 1.807) is 0 Å². The van der Waals surface area contributed by atoms with E-state index in [2.05, 4.69) is 15.4 Å². The van der Waals surface area contributed by atoms with Crippen molar-refractivity contribution in [1.82, 2.24) is 15.4 Å². The van der Waals surface area contributed by atoms with Crippen molar-refractivity contribution in [3.63, 3.8) is 0 Å². The van der Waals surface area contributed by atoms with Gasteiger partial charge in [0.15, 0.2) is 0 Å². The van der Waals surface area contributed by atoms with Gasteiger partial charge >= 0.3 is 0 Å². The van der Waals surface area contributed by atoms with Crippen LogP contribution in [0.1, 0.15) is 6.92 Å². The number of carbonyl (C=O) groups excluding carboxylic acids is 1. The molecule has 1 saturated heterocycles. The molecule has 7 nitrogen and oxygen atoms in total. The molecule has 1 aliphatic rings. The maximum atomic E-state index is 12.2. The maximum Gasteiger partial charge on any atom is 0.241 e. The Morgan fingerprint density at radius 1 is 1.38 bits per heavy atom. The molecule has 0 radical (unpaired) electrons. The second-order valence-corrected chi connectivity index (χ2v) is 7.68. The average molecular weight is 398 g/mol. The molecular formula is C14H21Cl2N3O4S. The van der Waals surface area contributed by atoms with Gasteiger partial charge in [0.1, 0.15) is 0 Å². The third-order valence-electron chi connectivity index (χ3n) is 3.69. The standard InChI is InChI=1S/C14H20ClN3O4S.ClH/c1-9(14(20)17-7-10-6-16-8-13(10)19)18-23(21,22)12-4-2-11(15)3-5-12;/h2-5,9-10,13,16,18-19H,6-8H2,1H3,(H,17,20);1H. The lowest BCUT2D eigenvalue weighted by Gasteiger charge is -2.18. The molecule has 136 valence electrons. The molecule has 4 N–H and O–H groups in total. The van der Waals surface area contributed by atoms with E-state index in [1.165, 1.54) is 31.2 Å². The molecule has 24 heavy (non-hydrogen) atoms. The van der Waals surface area contributed by atoms with Gasteiger partial charge in [0.05, 0.1) is 17.0 Å². The fraction of sp³-hybridized carbons (Fsp3) is 0.500. The highest BCUT2D eigenvalue weighted by molar-refractivity contribution is 7.89. The molecule has 0 aliphatic carbocycles. The van der Waals surface area contributed by atoms with Crippen LogP contribution >= 0.6 is 24.0 Å². The summed E-state index contributed by atoms with van der Waals surface area (Å²) < 4.78 is 26.7. The SMILES string of the molecule is CC(NS(=O)(=O)c1ccc(Cl)cc1)C(=O)NCC1CNCC1O.Cl. The van der Waals surface area contributed by atoms with Crippen LogP contribution in [0, 0.1) is 5.92 Å². The van der Waals surface area contributed by atoms with Gasteiger partial charge in [-0.15, -0.1) is 12.4 Å². The number of benzene rings is 1. The number of halogens is 2. The van der Waals surface area contributed by atoms with Crippen LogP contribution < -0.4 is 15.4 Å². The summed E-state index contributed by atoms with van der Waals surface area (Å²) in [6, 6.07) is 4.75. The lowest BCUT2D eigenvalue weighted by Crippen LogP contribution is -2.46. The van der Waals surface area contributed by atoms with E-state index < -0.39 is 28.1 Å². The van der Waals surface area contributed by atoms with Gasteiger partial charge in [-0.3, -0.25) is 4.79 Å². The summed E-state index contributed by atoms with van der Waals surface area (Å²) >= 11 is 5.73. The van der Waals surface area contributed by atoms with Crippen molar-refractivity contribution < 1.29 is 18.3 Å². The second-order valence-electron chi connectivity index (χ2n) is 5.53. The molecule has 1 fully saturated rings. The quantitative estimate of drug-likeness (QED) is 0.545. The monoisotopic (exact) mass is 397 g/mol. The van der Waals surface area contributed by atoms with Gasteiger partial charge in [-0.25, -0.2) is 8.42 Å². The maximum absolute atomic E-state index is 12.2. The first-order valence-electron chi connectivity index (χ1n) is 7.24. The molecule has 10 heteroatoms. The zero-order valence-electron chi connectivity index (χ0n) is 13.0. The van der Waals surface area contributed by atoms with Crippen LogP contribution in [0.2, 0.25) is 5.02 Å². The summed E-state index contributed by atoms with van der Waals surface area (Å²) in [6.07, 6.45) is -0.503. The fourth-order valence-corrected chi connectivity index (χ4v) is 3.61. The predicted octanol–water partition coefficient (Wildman–Crippen LogP) is 0.125. The number of amides is 1. The van der Waals surface area contributed by atoms with Crippen LogP contribution in [0.25, 0.3) is 0 Å². The van der Waals surface area contributed by atoms with Gasteiger partial charge in [-0.05, 0) is 31.2 Å². The van der Waals surface area contributed by atoms with E-state index in [0.29, 0.717) is 24.7 Å². The van der Waals surface area contributed by atoms with E-state index >= 15 is 0 Å². The molecule has 1 aromatic rings. The highest BCUT2D eigenvalue weighted by atomic mass is 35.5. The smallest absolute Gasteiger partial charge is 0.241 e. The Bertz CT molecular complexity index is 654. The number of carbonyl (C=O) groups is 1. The van der Waals surface area contributed by atoms with Gasteiger partial charge in [0, 0.05) is 30.6 Å². The Morgan fingerprint density at radius 2 is 2.00 bits per heavy atom. The van der Waals surface area contributed by atoms with Crippen molar-refractivity contribution in [3.8, 4) is 0 Å². The number of aliphatic hydroxyl groups is 1. The Morgan fingerprint density at radius 3 is 2.54 bits per heavy atom. The third kappa shape index (κ3) is 5.58. The molecule has 1 aliphatic heterocycles. The Labute approximate surface area is 152 Å². The van der Waals surface area contributed by atoms with Gasteiger partial charge in [0.25, 0.3) is 0 Å². The zero-order valence-corrected chi connectivity index (χ0v) is 15.4. The third-order valence-corrected chi connectivity index (χ3v) is 5.50. The average Bonchev–Trinajstić information content (AvgIpc) is 2.90. The van der Waals surface area contributed by atoms with Crippen LogP contribution in [-0.4, -0.2) is 51.2 Å². The van der Waals surface area contributed by atoms with Crippen LogP contribution in [0.4, 0.5) is 0 Å². The van der Waals surface area contributed by atoms with Crippen molar-refractivity contribution in [2.24, 2.45) is 5.92 Å². The molecule has 2 rings (SSSR count). The minimum atomic E-state index is -3.80. The predicted molar refractivity (Wildman–Crippen MR) is 93.9 cm³/mol. The highest BCUT2D eigenvalue weighted by Gasteiger charge is 2.27. The van der Waals surface area contributed by atoms with Crippen molar-refractivity contribution in [3.05, 3.63) is 29.3 Å². The van der Waals surface area contributed by atoms with Crippen molar-refractivity contribution >= 4 is 39.9 Å². The molecule has 0 aromatic heterocycles. The lowest BCUT2D eigenvalue weighted by atomic mass is 10.1. The molecule has 0 saturated carbocycles.